The van der Waals surface area contributed by atoms with Crippen molar-refractivity contribution < 1.29 is 9.90 Å². The average Bonchev–Trinajstić information content (AvgIpc) is 3.22. The number of aliphatic hydroxyl groups is 1. The lowest BCUT2D eigenvalue weighted by Crippen LogP contribution is -2.43. The molecule has 0 aliphatic carbocycles. The van der Waals surface area contributed by atoms with Gasteiger partial charge in [0, 0.05) is 23.7 Å². The molecule has 2 atom stereocenters. The standard InChI is InChI=1S/C18H23N3O2S/c1-13-11-19-17(24-13)12-20-18(23)21-9-5-8-15(21)10-16(22)14-6-3-2-4-7-14/h2-4,6-7,11,15-16,22H,5,8-10,12H2,1H3,(H,20,23). The van der Waals surface area contributed by atoms with Crippen molar-refractivity contribution >= 4 is 17.4 Å². The highest BCUT2D eigenvalue weighted by molar-refractivity contribution is 7.11. The van der Waals surface area contributed by atoms with Crippen LogP contribution in [0.2, 0.25) is 0 Å². The Morgan fingerprint density at radius 2 is 2.25 bits per heavy atom. The molecule has 1 aliphatic heterocycles. The van der Waals surface area contributed by atoms with Crippen LogP contribution in [0.15, 0.2) is 36.5 Å². The lowest BCUT2D eigenvalue weighted by atomic mass is 10.0. The average molecular weight is 345 g/mol. The van der Waals surface area contributed by atoms with E-state index in [1.807, 2.05) is 48.4 Å². The van der Waals surface area contributed by atoms with Gasteiger partial charge in [-0.3, -0.25) is 0 Å². The molecule has 2 heterocycles. The van der Waals surface area contributed by atoms with E-state index in [0.29, 0.717) is 13.0 Å². The van der Waals surface area contributed by atoms with Crippen molar-refractivity contribution in [3.63, 3.8) is 0 Å². The Morgan fingerprint density at radius 1 is 1.46 bits per heavy atom. The Labute approximate surface area is 146 Å². The van der Waals surface area contributed by atoms with E-state index >= 15 is 0 Å². The van der Waals surface area contributed by atoms with E-state index in [1.54, 1.807) is 11.3 Å². The number of carbonyl (C=O) groups is 1. The van der Waals surface area contributed by atoms with Gasteiger partial charge in [0.15, 0.2) is 0 Å². The summed E-state index contributed by atoms with van der Waals surface area (Å²) in [6.07, 6.45) is 3.78. The Hall–Kier alpha value is -1.92. The smallest absolute Gasteiger partial charge is 0.317 e. The zero-order valence-electron chi connectivity index (χ0n) is 13.8. The number of urea groups is 1. The third-order valence-electron chi connectivity index (χ3n) is 4.38. The van der Waals surface area contributed by atoms with Crippen LogP contribution in [0.1, 0.15) is 40.8 Å². The van der Waals surface area contributed by atoms with Gasteiger partial charge in [-0.1, -0.05) is 30.3 Å². The van der Waals surface area contributed by atoms with Crippen molar-refractivity contribution in [3.05, 3.63) is 52.0 Å². The summed E-state index contributed by atoms with van der Waals surface area (Å²) in [5, 5.41) is 14.3. The molecule has 0 bridgehead atoms. The highest BCUT2D eigenvalue weighted by Crippen LogP contribution is 2.27. The van der Waals surface area contributed by atoms with Crippen LogP contribution in [0, 0.1) is 6.92 Å². The maximum Gasteiger partial charge on any atom is 0.317 e. The molecule has 1 fully saturated rings. The molecule has 2 unspecified atom stereocenters. The summed E-state index contributed by atoms with van der Waals surface area (Å²) in [6.45, 7) is 3.21. The Kier molecular flexibility index (Phi) is 5.48. The minimum atomic E-state index is -0.536. The molecule has 0 saturated carbocycles. The van der Waals surface area contributed by atoms with Gasteiger partial charge >= 0.3 is 6.03 Å². The normalized spacial score (nSPS) is 18.6. The quantitative estimate of drug-likeness (QED) is 0.874. The fourth-order valence-electron chi connectivity index (χ4n) is 3.15. The van der Waals surface area contributed by atoms with Crippen LogP contribution < -0.4 is 5.32 Å². The predicted molar refractivity (Wildman–Crippen MR) is 94.8 cm³/mol. The Bertz CT molecular complexity index is 674. The summed E-state index contributed by atoms with van der Waals surface area (Å²) in [7, 11) is 0. The van der Waals surface area contributed by atoms with Crippen LogP contribution in [-0.2, 0) is 6.54 Å². The molecule has 5 nitrogen and oxygen atoms in total. The summed E-state index contributed by atoms with van der Waals surface area (Å²) in [6, 6.07) is 9.65. The maximum atomic E-state index is 12.5. The third-order valence-corrected chi connectivity index (χ3v) is 5.29. The van der Waals surface area contributed by atoms with Crippen LogP contribution in [0.25, 0.3) is 0 Å². The molecule has 1 aliphatic rings. The minimum Gasteiger partial charge on any atom is -0.388 e. The number of rotatable bonds is 5. The van der Waals surface area contributed by atoms with Crippen LogP contribution in [0.3, 0.4) is 0 Å². The minimum absolute atomic E-state index is 0.0642. The number of aromatic nitrogens is 1. The van der Waals surface area contributed by atoms with Gasteiger partial charge in [-0.05, 0) is 31.7 Å². The van der Waals surface area contributed by atoms with Crippen molar-refractivity contribution in [2.75, 3.05) is 6.54 Å². The fraction of sp³-hybridized carbons (Fsp3) is 0.444. The summed E-state index contributed by atoms with van der Waals surface area (Å²) >= 11 is 1.60. The van der Waals surface area contributed by atoms with Crippen molar-refractivity contribution in [2.45, 2.75) is 44.9 Å². The van der Waals surface area contributed by atoms with Gasteiger partial charge in [0.2, 0.25) is 0 Å². The summed E-state index contributed by atoms with van der Waals surface area (Å²) < 4.78 is 0. The van der Waals surface area contributed by atoms with Gasteiger partial charge < -0.3 is 15.3 Å². The van der Waals surface area contributed by atoms with E-state index < -0.39 is 6.10 Å². The molecule has 3 rings (SSSR count). The third kappa shape index (κ3) is 4.13. The number of nitrogens with one attached hydrogen (secondary N) is 1. The summed E-state index contributed by atoms with van der Waals surface area (Å²) in [5.74, 6) is 0. The van der Waals surface area contributed by atoms with E-state index in [2.05, 4.69) is 10.3 Å². The van der Waals surface area contributed by atoms with Gasteiger partial charge in [0.1, 0.15) is 5.01 Å². The van der Waals surface area contributed by atoms with Gasteiger partial charge in [-0.25, -0.2) is 9.78 Å². The summed E-state index contributed by atoms with van der Waals surface area (Å²) in [5.41, 5.74) is 0.906. The fourth-order valence-corrected chi connectivity index (χ4v) is 3.88. The second kappa shape index (κ2) is 7.77. The number of hydrogen-bond acceptors (Lipinski definition) is 4. The molecule has 128 valence electrons. The zero-order chi connectivity index (χ0) is 16.9. The number of carbonyl (C=O) groups excluding carboxylic acids is 1. The molecular formula is C18H23N3O2S. The van der Waals surface area contributed by atoms with Crippen molar-refractivity contribution in [2.24, 2.45) is 0 Å². The molecule has 2 aromatic rings. The van der Waals surface area contributed by atoms with Crippen molar-refractivity contribution in [1.29, 1.82) is 0 Å². The topological polar surface area (TPSA) is 65.5 Å². The molecule has 1 saturated heterocycles. The van der Waals surface area contributed by atoms with E-state index in [4.69, 9.17) is 0 Å². The van der Waals surface area contributed by atoms with E-state index in [1.165, 1.54) is 0 Å². The number of amides is 2. The first-order valence-electron chi connectivity index (χ1n) is 8.32. The molecule has 2 N–H and O–H groups in total. The molecule has 1 aromatic carbocycles. The zero-order valence-corrected chi connectivity index (χ0v) is 14.6. The summed E-state index contributed by atoms with van der Waals surface area (Å²) in [4.78, 5) is 19.7. The van der Waals surface area contributed by atoms with E-state index in [0.717, 1.165) is 34.8 Å². The second-order valence-electron chi connectivity index (χ2n) is 6.17. The lowest BCUT2D eigenvalue weighted by molar-refractivity contribution is 0.126. The Morgan fingerprint density at radius 3 is 2.96 bits per heavy atom. The molecule has 24 heavy (non-hydrogen) atoms. The van der Waals surface area contributed by atoms with Gasteiger partial charge in [-0.15, -0.1) is 11.3 Å². The van der Waals surface area contributed by atoms with Crippen molar-refractivity contribution in [3.8, 4) is 0 Å². The van der Waals surface area contributed by atoms with Crippen LogP contribution in [-0.4, -0.2) is 33.6 Å². The van der Waals surface area contributed by atoms with Gasteiger partial charge in [0.05, 0.1) is 12.6 Å². The van der Waals surface area contributed by atoms with E-state index in [9.17, 15) is 9.90 Å². The number of thiazole rings is 1. The van der Waals surface area contributed by atoms with Crippen LogP contribution in [0.4, 0.5) is 4.79 Å². The lowest BCUT2D eigenvalue weighted by Gasteiger charge is -2.26. The predicted octanol–water partition coefficient (Wildman–Crippen LogP) is 3.25. The number of benzene rings is 1. The number of hydrogen-bond donors (Lipinski definition) is 2. The number of aliphatic hydroxyl groups excluding tert-OH is 1. The first kappa shape index (κ1) is 16.9. The molecule has 0 spiro atoms. The highest BCUT2D eigenvalue weighted by atomic mass is 32.1. The van der Waals surface area contributed by atoms with Crippen LogP contribution in [0.5, 0.6) is 0 Å². The van der Waals surface area contributed by atoms with Gasteiger partial charge in [-0.2, -0.15) is 0 Å². The van der Waals surface area contributed by atoms with Crippen LogP contribution >= 0.6 is 11.3 Å². The SMILES string of the molecule is Cc1cnc(CNC(=O)N2CCCC2CC(O)c2ccccc2)s1. The van der Waals surface area contributed by atoms with E-state index in [-0.39, 0.29) is 12.1 Å². The number of likely N-dealkylation sites (tertiary alicyclic amines) is 1. The first-order valence-corrected chi connectivity index (χ1v) is 9.14. The molecule has 6 heteroatoms. The highest BCUT2D eigenvalue weighted by Gasteiger charge is 2.30. The first-order chi connectivity index (χ1) is 11.6. The second-order valence-corrected chi connectivity index (χ2v) is 7.49. The maximum absolute atomic E-state index is 12.5. The number of aryl methyl sites for hydroxylation is 1. The molecular weight excluding hydrogens is 322 g/mol. The molecule has 2 amide bonds. The largest absolute Gasteiger partial charge is 0.388 e. The van der Waals surface area contributed by atoms with Crippen molar-refractivity contribution in [1.82, 2.24) is 15.2 Å². The Balaban J connectivity index is 1.55. The number of nitrogens with zero attached hydrogens (tertiary/aromatic N) is 2. The molecule has 0 radical (unpaired) electrons. The monoisotopic (exact) mass is 345 g/mol. The molecule has 1 aromatic heterocycles. The van der Waals surface area contributed by atoms with Gasteiger partial charge in [0.25, 0.3) is 0 Å².